The molecule has 2 aromatic heterocycles. The third-order valence-corrected chi connectivity index (χ3v) is 3.88. The molecule has 0 atom stereocenters. The number of ether oxygens (including phenoxy) is 2. The van der Waals surface area contributed by atoms with E-state index in [0.29, 0.717) is 5.69 Å². The molecule has 3 aromatic rings. The van der Waals surface area contributed by atoms with Crippen LogP contribution in [0.4, 0.5) is 10.5 Å². The molecule has 7 heteroatoms. The van der Waals surface area contributed by atoms with Gasteiger partial charge < -0.3 is 9.47 Å². The second-order valence-corrected chi connectivity index (χ2v) is 7.14. The number of nitrogens with one attached hydrogen (secondary N) is 1. The monoisotopic (exact) mass is 379 g/mol. The van der Waals surface area contributed by atoms with E-state index in [9.17, 15) is 9.59 Å². The van der Waals surface area contributed by atoms with Gasteiger partial charge in [0.05, 0.1) is 19.0 Å². The highest BCUT2D eigenvalue weighted by Crippen LogP contribution is 2.33. The van der Waals surface area contributed by atoms with Gasteiger partial charge in [0.15, 0.2) is 0 Å². The Morgan fingerprint density at radius 1 is 1.11 bits per heavy atom. The number of hydrogen-bond donors (Lipinski definition) is 1. The Hall–Kier alpha value is -3.48. The number of aromatic nitrogens is 2. The number of rotatable bonds is 3. The maximum Gasteiger partial charge on any atom is 0.412 e. The minimum atomic E-state index is -0.620. The third kappa shape index (κ3) is 4.25. The van der Waals surface area contributed by atoms with Crippen molar-refractivity contribution in [2.45, 2.75) is 26.4 Å². The number of benzene rings is 1. The SMILES string of the molecule is COC(=O)c1cc(-c2cccc3cncc(NC(=O)OC(C)(C)C)c23)ccn1. The molecule has 7 nitrogen and oxygen atoms in total. The van der Waals surface area contributed by atoms with Crippen LogP contribution in [-0.2, 0) is 9.47 Å². The van der Waals surface area contributed by atoms with Gasteiger partial charge in [-0.15, -0.1) is 0 Å². The lowest BCUT2D eigenvalue weighted by Crippen LogP contribution is -2.27. The zero-order chi connectivity index (χ0) is 20.3. The van der Waals surface area contributed by atoms with E-state index in [0.717, 1.165) is 21.9 Å². The van der Waals surface area contributed by atoms with Crippen LogP contribution >= 0.6 is 0 Å². The zero-order valence-corrected chi connectivity index (χ0v) is 16.1. The Morgan fingerprint density at radius 2 is 1.89 bits per heavy atom. The first kappa shape index (κ1) is 19.3. The van der Waals surface area contributed by atoms with Gasteiger partial charge in [-0.05, 0) is 44.0 Å². The minimum absolute atomic E-state index is 0.202. The van der Waals surface area contributed by atoms with Crippen LogP contribution in [0.15, 0.2) is 48.9 Å². The van der Waals surface area contributed by atoms with Gasteiger partial charge in [-0.2, -0.15) is 0 Å². The van der Waals surface area contributed by atoms with Crippen LogP contribution in [-0.4, -0.2) is 34.7 Å². The van der Waals surface area contributed by atoms with Crippen LogP contribution in [0.3, 0.4) is 0 Å². The van der Waals surface area contributed by atoms with Crippen molar-refractivity contribution >= 4 is 28.5 Å². The predicted octanol–water partition coefficient (Wildman–Crippen LogP) is 4.43. The minimum Gasteiger partial charge on any atom is -0.464 e. The largest absolute Gasteiger partial charge is 0.464 e. The van der Waals surface area contributed by atoms with Crippen LogP contribution in [0, 0.1) is 0 Å². The fourth-order valence-corrected chi connectivity index (χ4v) is 2.80. The highest BCUT2D eigenvalue weighted by atomic mass is 16.6. The molecule has 0 radical (unpaired) electrons. The van der Waals surface area contributed by atoms with Crippen molar-refractivity contribution in [2.75, 3.05) is 12.4 Å². The molecule has 1 aromatic carbocycles. The third-order valence-electron chi connectivity index (χ3n) is 3.88. The molecule has 0 fully saturated rings. The van der Waals surface area contributed by atoms with Crippen LogP contribution < -0.4 is 5.32 Å². The van der Waals surface area contributed by atoms with Gasteiger partial charge in [0.1, 0.15) is 11.3 Å². The lowest BCUT2D eigenvalue weighted by Gasteiger charge is -2.20. The number of hydrogen-bond acceptors (Lipinski definition) is 6. The molecule has 1 amide bonds. The maximum absolute atomic E-state index is 12.3. The zero-order valence-electron chi connectivity index (χ0n) is 16.1. The van der Waals surface area contributed by atoms with Crippen molar-refractivity contribution in [1.29, 1.82) is 0 Å². The summed E-state index contributed by atoms with van der Waals surface area (Å²) in [6, 6.07) is 9.12. The molecule has 0 unspecified atom stereocenters. The molecule has 0 spiro atoms. The lowest BCUT2D eigenvalue weighted by molar-refractivity contribution is 0.0592. The Morgan fingerprint density at radius 3 is 2.61 bits per heavy atom. The Labute approximate surface area is 162 Å². The summed E-state index contributed by atoms with van der Waals surface area (Å²) in [6.07, 6.45) is 4.25. The van der Waals surface area contributed by atoms with Crippen molar-refractivity contribution in [3.63, 3.8) is 0 Å². The average Bonchev–Trinajstić information content (AvgIpc) is 2.65. The number of carbonyl (C=O) groups is 2. The number of anilines is 1. The summed E-state index contributed by atoms with van der Waals surface area (Å²) in [5.41, 5.74) is 1.68. The number of carbonyl (C=O) groups excluding carboxylic acids is 2. The summed E-state index contributed by atoms with van der Waals surface area (Å²) in [5.74, 6) is -0.518. The van der Waals surface area contributed by atoms with Gasteiger partial charge in [-0.25, -0.2) is 14.6 Å². The van der Waals surface area contributed by atoms with Gasteiger partial charge >= 0.3 is 12.1 Å². The Kier molecular flexibility index (Phi) is 5.26. The number of fused-ring (bicyclic) bond motifs is 1. The molecule has 0 aliphatic carbocycles. The van der Waals surface area contributed by atoms with E-state index in [-0.39, 0.29) is 5.69 Å². The van der Waals surface area contributed by atoms with E-state index in [2.05, 4.69) is 15.3 Å². The quantitative estimate of drug-likeness (QED) is 0.677. The summed E-state index contributed by atoms with van der Waals surface area (Å²) in [6.45, 7) is 5.39. The molecule has 28 heavy (non-hydrogen) atoms. The first-order chi connectivity index (χ1) is 13.3. The molecule has 144 valence electrons. The van der Waals surface area contributed by atoms with Gasteiger partial charge in [0.2, 0.25) is 0 Å². The first-order valence-corrected chi connectivity index (χ1v) is 8.70. The van der Waals surface area contributed by atoms with Crippen molar-refractivity contribution < 1.29 is 19.1 Å². The maximum atomic E-state index is 12.3. The number of amides is 1. The molecule has 1 N–H and O–H groups in total. The van der Waals surface area contributed by atoms with Crippen LogP contribution in [0.2, 0.25) is 0 Å². The predicted molar refractivity (Wildman–Crippen MR) is 106 cm³/mol. The average molecular weight is 379 g/mol. The van der Waals surface area contributed by atoms with E-state index in [1.807, 2.05) is 18.2 Å². The Bertz CT molecular complexity index is 1040. The second kappa shape index (κ2) is 7.64. The van der Waals surface area contributed by atoms with Crippen LogP contribution in [0.5, 0.6) is 0 Å². The molecule has 3 rings (SSSR count). The van der Waals surface area contributed by atoms with E-state index in [4.69, 9.17) is 9.47 Å². The molecule has 0 aliphatic heterocycles. The highest BCUT2D eigenvalue weighted by Gasteiger charge is 2.18. The van der Waals surface area contributed by atoms with Crippen molar-refractivity contribution in [1.82, 2.24) is 9.97 Å². The number of pyridine rings is 2. The second-order valence-electron chi connectivity index (χ2n) is 7.14. The summed E-state index contributed by atoms with van der Waals surface area (Å²) >= 11 is 0. The molecule has 0 bridgehead atoms. The fraction of sp³-hybridized carbons (Fsp3) is 0.238. The van der Waals surface area contributed by atoms with Crippen molar-refractivity contribution in [3.05, 3.63) is 54.6 Å². The Balaban J connectivity index is 2.10. The van der Waals surface area contributed by atoms with E-state index < -0.39 is 17.7 Å². The first-order valence-electron chi connectivity index (χ1n) is 8.70. The molecule has 0 saturated heterocycles. The molecule has 0 saturated carbocycles. The van der Waals surface area contributed by atoms with E-state index in [1.54, 1.807) is 51.5 Å². The van der Waals surface area contributed by atoms with E-state index >= 15 is 0 Å². The smallest absolute Gasteiger partial charge is 0.412 e. The molecule has 0 aliphatic rings. The molecule has 2 heterocycles. The lowest BCUT2D eigenvalue weighted by atomic mass is 9.98. The molecular weight excluding hydrogens is 358 g/mol. The standard InChI is InChI=1S/C21H21N3O4/c1-21(2,3)28-20(26)24-17-12-22-11-14-6-5-7-15(18(14)17)13-8-9-23-16(10-13)19(25)27-4/h5-12H,1-4H3,(H,24,26). The van der Waals surface area contributed by atoms with Crippen LogP contribution in [0.25, 0.3) is 21.9 Å². The summed E-state index contributed by atoms with van der Waals surface area (Å²) in [7, 11) is 1.31. The van der Waals surface area contributed by atoms with Gasteiger partial charge in [-0.3, -0.25) is 10.3 Å². The normalized spacial score (nSPS) is 11.1. The number of esters is 1. The topological polar surface area (TPSA) is 90.4 Å². The van der Waals surface area contributed by atoms with Crippen molar-refractivity contribution in [2.24, 2.45) is 0 Å². The van der Waals surface area contributed by atoms with Gasteiger partial charge in [-0.1, -0.05) is 18.2 Å². The summed E-state index contributed by atoms with van der Waals surface area (Å²) in [5, 5.41) is 4.39. The van der Waals surface area contributed by atoms with Gasteiger partial charge in [0, 0.05) is 23.2 Å². The van der Waals surface area contributed by atoms with Crippen molar-refractivity contribution in [3.8, 4) is 11.1 Å². The summed E-state index contributed by atoms with van der Waals surface area (Å²) < 4.78 is 10.1. The van der Waals surface area contributed by atoms with Crippen LogP contribution in [0.1, 0.15) is 31.3 Å². The molecular formula is C21H21N3O4. The number of methoxy groups -OCH3 is 1. The van der Waals surface area contributed by atoms with Gasteiger partial charge in [0.25, 0.3) is 0 Å². The fourth-order valence-electron chi connectivity index (χ4n) is 2.80. The van der Waals surface area contributed by atoms with E-state index in [1.165, 1.54) is 7.11 Å². The highest BCUT2D eigenvalue weighted by molar-refractivity contribution is 6.07. The summed E-state index contributed by atoms with van der Waals surface area (Å²) in [4.78, 5) is 32.4. The number of nitrogens with zero attached hydrogens (tertiary/aromatic N) is 2.